The van der Waals surface area contributed by atoms with Gasteiger partial charge in [0.2, 0.25) is 0 Å². The summed E-state index contributed by atoms with van der Waals surface area (Å²) in [6.07, 6.45) is 19.3. The molecule has 0 fully saturated rings. The van der Waals surface area contributed by atoms with Crippen molar-refractivity contribution in [3.63, 3.8) is 0 Å². The highest BCUT2D eigenvalue weighted by molar-refractivity contribution is 7.48. The van der Waals surface area contributed by atoms with Crippen molar-refractivity contribution in [2.75, 3.05) is 13.2 Å². The maximum Gasteiger partial charge on any atom is 0.530 e. The first-order chi connectivity index (χ1) is 17.2. The lowest BCUT2D eigenvalue weighted by Crippen LogP contribution is -2.05. The van der Waals surface area contributed by atoms with E-state index in [4.69, 9.17) is 13.6 Å². The molecule has 0 N–H and O–H groups in total. The van der Waals surface area contributed by atoms with E-state index in [1.165, 1.54) is 77.0 Å². The molecule has 0 radical (unpaired) electrons. The van der Waals surface area contributed by atoms with Crippen molar-refractivity contribution in [3.8, 4) is 5.75 Å². The highest BCUT2D eigenvalue weighted by atomic mass is 31.2. The van der Waals surface area contributed by atoms with E-state index < -0.39 is 7.82 Å². The second-order valence-corrected chi connectivity index (χ2v) is 11.2. The molecule has 0 heterocycles. The lowest BCUT2D eigenvalue weighted by atomic mass is 10.1. The molecular formula is C30H49O4P. The molecule has 0 saturated carbocycles. The summed E-state index contributed by atoms with van der Waals surface area (Å²) in [7, 11) is -3.69. The Kier molecular flexibility index (Phi) is 16.1. The standard InChI is InChI=1S/C30H49O4P/c1-3-5-7-9-11-13-15-19-26-32-35(31,33-27-20-16-14-12-10-8-6-4-2)34-30-25-21-23-28-22-17-18-24-29(28)30/h17-18,21-25H,3-16,19-20,26-27H2,1-2H3. The zero-order valence-corrected chi connectivity index (χ0v) is 23.2. The third-order valence-electron chi connectivity index (χ3n) is 6.45. The molecule has 4 nitrogen and oxygen atoms in total. The van der Waals surface area contributed by atoms with Crippen LogP contribution in [0.1, 0.15) is 117 Å². The fraction of sp³-hybridized carbons (Fsp3) is 0.667. The number of rotatable bonds is 22. The quantitative estimate of drug-likeness (QED) is 0.118. The first kappa shape index (κ1) is 29.9. The Hall–Kier alpha value is -1.35. The van der Waals surface area contributed by atoms with Gasteiger partial charge in [-0.2, -0.15) is 0 Å². The summed E-state index contributed by atoms with van der Waals surface area (Å²) in [4.78, 5) is 0. The van der Waals surface area contributed by atoms with E-state index in [1.807, 2.05) is 42.5 Å². The van der Waals surface area contributed by atoms with Crippen molar-refractivity contribution < 1.29 is 18.1 Å². The first-order valence-corrected chi connectivity index (χ1v) is 15.7. The van der Waals surface area contributed by atoms with Crippen molar-refractivity contribution in [3.05, 3.63) is 42.5 Å². The highest BCUT2D eigenvalue weighted by Crippen LogP contribution is 2.51. The largest absolute Gasteiger partial charge is 0.530 e. The van der Waals surface area contributed by atoms with Gasteiger partial charge in [0.25, 0.3) is 0 Å². The molecule has 0 saturated heterocycles. The van der Waals surface area contributed by atoms with Gasteiger partial charge >= 0.3 is 7.82 Å². The van der Waals surface area contributed by atoms with Crippen molar-refractivity contribution in [2.24, 2.45) is 0 Å². The van der Waals surface area contributed by atoms with Crippen LogP contribution in [0.5, 0.6) is 5.75 Å². The van der Waals surface area contributed by atoms with Crippen LogP contribution in [-0.2, 0) is 13.6 Å². The molecule has 2 aromatic rings. The minimum atomic E-state index is -3.69. The van der Waals surface area contributed by atoms with Gasteiger partial charge in [-0.3, -0.25) is 9.05 Å². The lowest BCUT2D eigenvalue weighted by Gasteiger charge is -2.19. The molecule has 0 aliphatic heterocycles. The van der Waals surface area contributed by atoms with Gasteiger partial charge in [0, 0.05) is 5.39 Å². The number of fused-ring (bicyclic) bond motifs is 1. The number of phosphoric acid groups is 1. The second kappa shape index (κ2) is 18.9. The predicted octanol–water partition coefficient (Wildman–Crippen LogP) is 10.6. The average molecular weight is 505 g/mol. The van der Waals surface area contributed by atoms with Crippen molar-refractivity contribution in [1.82, 2.24) is 0 Å². The van der Waals surface area contributed by atoms with Crippen LogP contribution in [0.25, 0.3) is 10.8 Å². The molecular weight excluding hydrogens is 455 g/mol. The lowest BCUT2D eigenvalue weighted by molar-refractivity contribution is 0.151. The van der Waals surface area contributed by atoms with Crippen LogP contribution < -0.4 is 4.52 Å². The fourth-order valence-corrected chi connectivity index (χ4v) is 5.60. The number of unbranched alkanes of at least 4 members (excludes halogenated alkanes) is 14. The van der Waals surface area contributed by atoms with E-state index >= 15 is 0 Å². The minimum absolute atomic E-state index is 0.397. The topological polar surface area (TPSA) is 44.8 Å². The second-order valence-electron chi connectivity index (χ2n) is 9.63. The number of phosphoric ester groups is 1. The summed E-state index contributed by atoms with van der Waals surface area (Å²) in [5.41, 5.74) is 0. The van der Waals surface area contributed by atoms with Crippen LogP contribution in [0.3, 0.4) is 0 Å². The SMILES string of the molecule is CCCCCCCCCCOP(=O)(OCCCCCCCCCC)Oc1cccc2ccccc12. The molecule has 0 atom stereocenters. The molecule has 2 aromatic carbocycles. The van der Waals surface area contributed by atoms with Gasteiger partial charge in [0.15, 0.2) is 0 Å². The molecule has 35 heavy (non-hydrogen) atoms. The van der Waals surface area contributed by atoms with Crippen LogP contribution in [-0.4, -0.2) is 13.2 Å². The van der Waals surface area contributed by atoms with Crippen LogP contribution in [0.2, 0.25) is 0 Å². The Bertz CT molecular complexity index is 807. The van der Waals surface area contributed by atoms with E-state index in [2.05, 4.69) is 13.8 Å². The van der Waals surface area contributed by atoms with E-state index in [0.717, 1.165) is 36.5 Å². The van der Waals surface area contributed by atoms with Crippen molar-refractivity contribution in [2.45, 2.75) is 117 Å². The van der Waals surface area contributed by atoms with Crippen molar-refractivity contribution in [1.29, 1.82) is 0 Å². The summed E-state index contributed by atoms with van der Waals surface area (Å²) in [6.45, 7) is 5.28. The maximum absolute atomic E-state index is 13.6. The van der Waals surface area contributed by atoms with Crippen LogP contribution >= 0.6 is 7.82 Å². The Labute approximate surface area is 214 Å². The van der Waals surface area contributed by atoms with E-state index in [9.17, 15) is 4.57 Å². The molecule has 2 rings (SSSR count). The van der Waals surface area contributed by atoms with Gasteiger partial charge in [0.1, 0.15) is 5.75 Å². The molecule has 0 aliphatic rings. The Morgan fingerprint density at radius 3 is 1.57 bits per heavy atom. The minimum Gasteiger partial charge on any atom is -0.403 e. The van der Waals surface area contributed by atoms with E-state index in [0.29, 0.717) is 19.0 Å². The first-order valence-electron chi connectivity index (χ1n) is 14.2. The van der Waals surface area contributed by atoms with Crippen molar-refractivity contribution >= 4 is 18.6 Å². The highest BCUT2D eigenvalue weighted by Gasteiger charge is 2.29. The van der Waals surface area contributed by atoms with Crippen LogP contribution in [0.15, 0.2) is 42.5 Å². The van der Waals surface area contributed by atoms with Gasteiger partial charge in [-0.1, -0.05) is 140 Å². The molecule has 198 valence electrons. The van der Waals surface area contributed by atoms with Gasteiger partial charge in [0.05, 0.1) is 13.2 Å². The Balaban J connectivity index is 1.82. The summed E-state index contributed by atoms with van der Waals surface area (Å²) in [5.74, 6) is 0.554. The normalized spacial score (nSPS) is 11.8. The molecule has 5 heteroatoms. The monoisotopic (exact) mass is 504 g/mol. The van der Waals surface area contributed by atoms with Crippen LogP contribution in [0, 0.1) is 0 Å². The molecule has 0 amide bonds. The van der Waals surface area contributed by atoms with Crippen LogP contribution in [0.4, 0.5) is 0 Å². The summed E-state index contributed by atoms with van der Waals surface area (Å²) in [6, 6.07) is 13.7. The zero-order valence-electron chi connectivity index (χ0n) is 22.3. The fourth-order valence-electron chi connectivity index (χ4n) is 4.31. The van der Waals surface area contributed by atoms with E-state index in [-0.39, 0.29) is 0 Å². The van der Waals surface area contributed by atoms with Gasteiger partial charge < -0.3 is 4.52 Å². The third-order valence-corrected chi connectivity index (χ3v) is 7.87. The smallest absolute Gasteiger partial charge is 0.403 e. The third kappa shape index (κ3) is 13.0. The van der Waals surface area contributed by atoms with Gasteiger partial charge in [-0.05, 0) is 24.3 Å². The average Bonchev–Trinajstić information content (AvgIpc) is 2.87. The molecule has 0 spiro atoms. The molecule has 0 bridgehead atoms. The number of hydrogen-bond donors (Lipinski definition) is 0. The summed E-state index contributed by atoms with van der Waals surface area (Å²) in [5, 5.41) is 1.96. The van der Waals surface area contributed by atoms with Gasteiger partial charge in [-0.15, -0.1) is 0 Å². The Morgan fingerprint density at radius 1 is 0.571 bits per heavy atom. The Morgan fingerprint density at radius 2 is 1.03 bits per heavy atom. The summed E-state index contributed by atoms with van der Waals surface area (Å²) < 4.78 is 31.2. The summed E-state index contributed by atoms with van der Waals surface area (Å²) >= 11 is 0. The van der Waals surface area contributed by atoms with E-state index in [1.54, 1.807) is 0 Å². The number of benzene rings is 2. The predicted molar refractivity (Wildman–Crippen MR) is 149 cm³/mol. The zero-order chi connectivity index (χ0) is 25.0. The molecule has 0 aliphatic carbocycles. The van der Waals surface area contributed by atoms with Gasteiger partial charge in [-0.25, -0.2) is 4.57 Å². The molecule has 0 unspecified atom stereocenters. The molecule has 0 aromatic heterocycles. The maximum atomic E-state index is 13.6. The number of hydrogen-bond acceptors (Lipinski definition) is 4.